The topological polar surface area (TPSA) is 83.5 Å². The molecule has 0 radical (unpaired) electrons. The van der Waals surface area contributed by atoms with Crippen LogP contribution in [0.2, 0.25) is 0 Å². The van der Waals surface area contributed by atoms with Gasteiger partial charge in [0.05, 0.1) is 11.3 Å². The van der Waals surface area contributed by atoms with Crippen molar-refractivity contribution in [1.82, 2.24) is 4.72 Å². The van der Waals surface area contributed by atoms with Crippen molar-refractivity contribution in [3.8, 4) is 0 Å². The summed E-state index contributed by atoms with van der Waals surface area (Å²) in [7, 11) is -3.71. The Kier molecular flexibility index (Phi) is 5.06. The zero-order valence-corrected chi connectivity index (χ0v) is 13.9. The number of carbonyl (C=O) groups is 1. The van der Waals surface area contributed by atoms with Crippen LogP contribution in [0.4, 0.5) is 0 Å². The minimum atomic E-state index is -3.71. The van der Waals surface area contributed by atoms with Crippen molar-refractivity contribution in [3.05, 3.63) is 28.7 Å². The van der Waals surface area contributed by atoms with E-state index in [4.69, 9.17) is 5.11 Å². The average Bonchev–Trinajstić information content (AvgIpc) is 2.38. The van der Waals surface area contributed by atoms with Crippen LogP contribution in [0, 0.1) is 0 Å². The molecule has 0 aliphatic heterocycles. The van der Waals surface area contributed by atoms with Crippen molar-refractivity contribution < 1.29 is 18.3 Å². The zero-order valence-electron chi connectivity index (χ0n) is 11.5. The standard InChI is InChI=1S/C14H18BrNO4S/c15-11-4-6-12(7-5-11)21(19,20)16-14(10-13(17)18)8-2-1-3-9-14/h4-7,16H,1-3,8-10H2,(H,17,18). The molecule has 0 saturated heterocycles. The largest absolute Gasteiger partial charge is 0.481 e. The molecule has 1 aromatic rings. The molecular weight excluding hydrogens is 358 g/mol. The summed E-state index contributed by atoms with van der Waals surface area (Å²) in [5, 5.41) is 9.09. The van der Waals surface area contributed by atoms with E-state index in [1.807, 2.05) is 0 Å². The fourth-order valence-electron chi connectivity index (χ4n) is 2.79. The number of hydrogen-bond donors (Lipinski definition) is 2. The van der Waals surface area contributed by atoms with Crippen molar-refractivity contribution in [2.24, 2.45) is 0 Å². The summed E-state index contributed by atoms with van der Waals surface area (Å²) in [6.07, 6.45) is 3.65. The Hall–Kier alpha value is -0.920. The Labute approximate surface area is 132 Å². The van der Waals surface area contributed by atoms with Gasteiger partial charge in [-0.3, -0.25) is 4.79 Å². The number of carboxylic acids is 1. The van der Waals surface area contributed by atoms with Crippen LogP contribution >= 0.6 is 15.9 Å². The molecule has 0 spiro atoms. The Morgan fingerprint density at radius 3 is 2.29 bits per heavy atom. The van der Waals surface area contributed by atoms with Crippen molar-refractivity contribution in [2.75, 3.05) is 0 Å². The first kappa shape index (κ1) is 16.5. The van der Waals surface area contributed by atoms with Crippen LogP contribution in [0.15, 0.2) is 33.6 Å². The van der Waals surface area contributed by atoms with Gasteiger partial charge in [-0.1, -0.05) is 35.2 Å². The molecule has 0 unspecified atom stereocenters. The molecule has 7 heteroatoms. The number of sulfonamides is 1. The molecule has 0 amide bonds. The minimum Gasteiger partial charge on any atom is -0.481 e. The van der Waals surface area contributed by atoms with E-state index in [1.54, 1.807) is 12.1 Å². The van der Waals surface area contributed by atoms with Gasteiger partial charge in [-0.15, -0.1) is 0 Å². The maximum atomic E-state index is 12.5. The molecule has 116 valence electrons. The number of carboxylic acid groups (broad SMARTS) is 1. The molecule has 1 aliphatic carbocycles. The molecule has 1 fully saturated rings. The molecule has 0 aromatic heterocycles. The quantitative estimate of drug-likeness (QED) is 0.828. The van der Waals surface area contributed by atoms with Gasteiger partial charge in [0.15, 0.2) is 0 Å². The molecule has 1 saturated carbocycles. The van der Waals surface area contributed by atoms with Gasteiger partial charge in [0.1, 0.15) is 0 Å². The lowest BCUT2D eigenvalue weighted by Gasteiger charge is -2.36. The number of halogens is 1. The monoisotopic (exact) mass is 375 g/mol. The summed E-state index contributed by atoms with van der Waals surface area (Å²) in [5.74, 6) is -0.976. The minimum absolute atomic E-state index is 0.154. The first-order valence-electron chi connectivity index (χ1n) is 6.84. The molecule has 2 rings (SSSR count). The summed E-state index contributed by atoms with van der Waals surface area (Å²) in [4.78, 5) is 11.3. The van der Waals surface area contributed by atoms with E-state index in [0.29, 0.717) is 12.8 Å². The number of nitrogens with one attached hydrogen (secondary N) is 1. The third kappa shape index (κ3) is 4.28. The Morgan fingerprint density at radius 2 is 1.76 bits per heavy atom. The first-order valence-corrected chi connectivity index (χ1v) is 9.12. The fraction of sp³-hybridized carbons (Fsp3) is 0.500. The maximum Gasteiger partial charge on any atom is 0.305 e. The Morgan fingerprint density at radius 1 is 1.19 bits per heavy atom. The number of hydrogen-bond acceptors (Lipinski definition) is 3. The van der Waals surface area contributed by atoms with Gasteiger partial charge in [-0.25, -0.2) is 13.1 Å². The van der Waals surface area contributed by atoms with Gasteiger partial charge in [-0.2, -0.15) is 0 Å². The van der Waals surface area contributed by atoms with E-state index < -0.39 is 21.5 Å². The lowest BCUT2D eigenvalue weighted by atomic mass is 9.80. The van der Waals surface area contributed by atoms with E-state index in [-0.39, 0.29) is 11.3 Å². The summed E-state index contributed by atoms with van der Waals surface area (Å²) in [6.45, 7) is 0. The van der Waals surface area contributed by atoms with Gasteiger partial charge in [0, 0.05) is 10.0 Å². The summed E-state index contributed by atoms with van der Waals surface area (Å²) in [6, 6.07) is 6.31. The van der Waals surface area contributed by atoms with Crippen molar-refractivity contribution in [1.29, 1.82) is 0 Å². The van der Waals surface area contributed by atoms with Gasteiger partial charge in [-0.05, 0) is 37.1 Å². The second-order valence-electron chi connectivity index (χ2n) is 5.47. The highest BCUT2D eigenvalue weighted by Crippen LogP contribution is 2.32. The van der Waals surface area contributed by atoms with E-state index >= 15 is 0 Å². The predicted molar refractivity (Wildman–Crippen MR) is 82.5 cm³/mol. The molecule has 5 nitrogen and oxygen atoms in total. The smallest absolute Gasteiger partial charge is 0.305 e. The van der Waals surface area contributed by atoms with Gasteiger partial charge >= 0.3 is 5.97 Å². The fourth-order valence-corrected chi connectivity index (χ4v) is 4.51. The van der Waals surface area contributed by atoms with Crippen molar-refractivity contribution in [2.45, 2.75) is 49.0 Å². The summed E-state index contributed by atoms with van der Waals surface area (Å²) in [5.41, 5.74) is -0.865. The van der Waals surface area contributed by atoms with Crippen LogP contribution in [0.1, 0.15) is 38.5 Å². The Balaban J connectivity index is 2.26. The molecule has 1 aliphatic rings. The molecule has 0 atom stereocenters. The normalized spacial score (nSPS) is 18.3. The maximum absolute atomic E-state index is 12.5. The van der Waals surface area contributed by atoms with E-state index in [1.165, 1.54) is 12.1 Å². The zero-order chi connectivity index (χ0) is 15.5. The highest BCUT2D eigenvalue weighted by Gasteiger charge is 2.38. The highest BCUT2D eigenvalue weighted by atomic mass is 79.9. The van der Waals surface area contributed by atoms with Crippen LogP contribution in [-0.4, -0.2) is 25.0 Å². The van der Waals surface area contributed by atoms with Gasteiger partial charge in [0.25, 0.3) is 0 Å². The SMILES string of the molecule is O=C(O)CC1(NS(=O)(=O)c2ccc(Br)cc2)CCCCC1. The molecule has 1 aromatic carbocycles. The number of rotatable bonds is 5. The lowest BCUT2D eigenvalue weighted by Crippen LogP contribution is -2.50. The lowest BCUT2D eigenvalue weighted by molar-refractivity contribution is -0.138. The molecule has 0 heterocycles. The molecule has 0 bridgehead atoms. The van der Waals surface area contributed by atoms with Gasteiger partial charge in [0.2, 0.25) is 10.0 Å². The van der Waals surface area contributed by atoms with Crippen LogP contribution < -0.4 is 4.72 Å². The average molecular weight is 376 g/mol. The van der Waals surface area contributed by atoms with E-state index in [2.05, 4.69) is 20.7 Å². The third-order valence-corrected chi connectivity index (χ3v) is 5.90. The predicted octanol–water partition coefficient (Wildman–Crippen LogP) is 2.91. The molecule has 21 heavy (non-hydrogen) atoms. The first-order chi connectivity index (χ1) is 9.83. The van der Waals surface area contributed by atoms with E-state index in [9.17, 15) is 13.2 Å². The molecular formula is C14H18BrNO4S. The third-order valence-electron chi connectivity index (χ3n) is 3.78. The van der Waals surface area contributed by atoms with Crippen LogP contribution in [0.25, 0.3) is 0 Å². The van der Waals surface area contributed by atoms with Crippen molar-refractivity contribution >= 4 is 31.9 Å². The second kappa shape index (κ2) is 6.46. The van der Waals surface area contributed by atoms with Crippen molar-refractivity contribution in [3.63, 3.8) is 0 Å². The second-order valence-corrected chi connectivity index (χ2v) is 8.07. The van der Waals surface area contributed by atoms with Gasteiger partial charge < -0.3 is 5.11 Å². The van der Waals surface area contributed by atoms with Crippen LogP contribution in [0.5, 0.6) is 0 Å². The molecule has 2 N–H and O–H groups in total. The number of aliphatic carboxylic acids is 1. The Bertz CT molecular complexity index is 606. The number of benzene rings is 1. The van der Waals surface area contributed by atoms with Crippen LogP contribution in [0.3, 0.4) is 0 Å². The van der Waals surface area contributed by atoms with Crippen LogP contribution in [-0.2, 0) is 14.8 Å². The summed E-state index contributed by atoms with van der Waals surface area (Å²) < 4.78 is 28.4. The van der Waals surface area contributed by atoms with E-state index in [0.717, 1.165) is 23.7 Å². The highest BCUT2D eigenvalue weighted by molar-refractivity contribution is 9.10. The summed E-state index contributed by atoms with van der Waals surface area (Å²) >= 11 is 3.26.